The van der Waals surface area contributed by atoms with Crippen LogP contribution >= 0.6 is 0 Å². The molecule has 1 N–H and O–H groups in total. The Morgan fingerprint density at radius 1 is 0.967 bits per heavy atom. The van der Waals surface area contributed by atoms with E-state index in [2.05, 4.69) is 27.1 Å². The number of anilines is 3. The van der Waals surface area contributed by atoms with Crippen LogP contribution in [0.2, 0.25) is 0 Å². The predicted octanol–water partition coefficient (Wildman–Crippen LogP) is 4.76. The summed E-state index contributed by atoms with van der Waals surface area (Å²) in [7, 11) is 3.52. The molecule has 2 heterocycles. The molecule has 158 valence electrons. The zero-order valence-electron chi connectivity index (χ0n) is 16.8. The summed E-state index contributed by atoms with van der Waals surface area (Å²) in [5.41, 5.74) is 1.29. The topological polar surface area (TPSA) is 40.6 Å². The van der Waals surface area contributed by atoms with Gasteiger partial charge in [-0.1, -0.05) is 0 Å². The van der Waals surface area contributed by atoms with Crippen molar-refractivity contribution in [2.75, 3.05) is 50.6 Å². The van der Waals surface area contributed by atoms with Crippen molar-refractivity contribution in [3.05, 3.63) is 54.1 Å². The van der Waals surface area contributed by atoms with Crippen LogP contribution in [-0.2, 0) is 6.18 Å². The molecule has 0 amide bonds. The summed E-state index contributed by atoms with van der Waals surface area (Å²) in [6, 6.07) is 13.2. The molecule has 1 aliphatic heterocycles. The minimum Gasteiger partial charge on any atom is -0.497 e. The molecule has 3 aromatic rings. The van der Waals surface area contributed by atoms with Gasteiger partial charge in [-0.05, 0) is 55.6 Å². The first-order valence-corrected chi connectivity index (χ1v) is 9.70. The van der Waals surface area contributed by atoms with Gasteiger partial charge in [-0.15, -0.1) is 0 Å². The van der Waals surface area contributed by atoms with Crippen LogP contribution < -0.4 is 15.0 Å². The quantitative estimate of drug-likeness (QED) is 0.664. The molecule has 1 saturated heterocycles. The Bertz CT molecular complexity index is 1030. The fourth-order valence-corrected chi connectivity index (χ4v) is 3.60. The van der Waals surface area contributed by atoms with Gasteiger partial charge in [0, 0.05) is 42.9 Å². The van der Waals surface area contributed by atoms with Gasteiger partial charge in [0.1, 0.15) is 11.6 Å². The minimum absolute atomic E-state index is 0.0119. The van der Waals surface area contributed by atoms with Crippen LogP contribution in [-0.4, -0.2) is 50.2 Å². The minimum atomic E-state index is -4.50. The van der Waals surface area contributed by atoms with Crippen molar-refractivity contribution in [2.24, 2.45) is 0 Å². The summed E-state index contributed by atoms with van der Waals surface area (Å²) >= 11 is 0. The third-order valence-corrected chi connectivity index (χ3v) is 5.33. The predicted molar refractivity (Wildman–Crippen MR) is 113 cm³/mol. The third kappa shape index (κ3) is 4.28. The number of hydrogen-bond acceptors (Lipinski definition) is 5. The van der Waals surface area contributed by atoms with Gasteiger partial charge in [0.2, 0.25) is 0 Å². The number of nitrogens with zero attached hydrogens (tertiary/aromatic N) is 3. The van der Waals surface area contributed by atoms with Crippen LogP contribution in [0.15, 0.2) is 48.5 Å². The molecule has 0 saturated carbocycles. The number of piperazine rings is 1. The molecule has 4 rings (SSSR count). The fraction of sp³-hybridized carbons (Fsp3) is 0.318. The number of fused-ring (bicyclic) bond motifs is 1. The number of likely N-dealkylation sites (N-methyl/N-ethyl adjacent to an activating group) is 1. The maximum Gasteiger partial charge on any atom is 0.417 e. The Labute approximate surface area is 173 Å². The Hall–Kier alpha value is -3.00. The smallest absolute Gasteiger partial charge is 0.417 e. The van der Waals surface area contributed by atoms with E-state index in [1.165, 1.54) is 19.2 Å². The van der Waals surface area contributed by atoms with Gasteiger partial charge in [0.15, 0.2) is 0 Å². The summed E-state index contributed by atoms with van der Waals surface area (Å²) in [6.07, 6.45) is -4.50. The van der Waals surface area contributed by atoms with Crippen LogP contribution in [0.25, 0.3) is 10.9 Å². The molecule has 1 aliphatic rings. The molecule has 30 heavy (non-hydrogen) atoms. The van der Waals surface area contributed by atoms with Gasteiger partial charge < -0.3 is 19.9 Å². The summed E-state index contributed by atoms with van der Waals surface area (Å²) < 4.78 is 46.0. The lowest BCUT2D eigenvalue weighted by Gasteiger charge is -2.34. The van der Waals surface area contributed by atoms with E-state index in [0.717, 1.165) is 37.9 Å². The number of rotatable bonds is 4. The van der Waals surface area contributed by atoms with Crippen LogP contribution in [0.3, 0.4) is 0 Å². The normalized spacial score (nSPS) is 15.4. The second-order valence-electron chi connectivity index (χ2n) is 7.40. The van der Waals surface area contributed by atoms with Crippen LogP contribution in [0.1, 0.15) is 5.56 Å². The van der Waals surface area contributed by atoms with Gasteiger partial charge in [-0.2, -0.15) is 13.2 Å². The molecule has 0 atom stereocenters. The Morgan fingerprint density at radius 2 is 1.67 bits per heavy atom. The van der Waals surface area contributed by atoms with Gasteiger partial charge in [-0.25, -0.2) is 4.98 Å². The molecule has 8 heteroatoms. The Kier molecular flexibility index (Phi) is 5.42. The largest absolute Gasteiger partial charge is 0.497 e. The number of methoxy groups -OCH3 is 1. The third-order valence-electron chi connectivity index (χ3n) is 5.33. The van der Waals surface area contributed by atoms with Gasteiger partial charge in [0.25, 0.3) is 0 Å². The van der Waals surface area contributed by atoms with E-state index in [0.29, 0.717) is 11.4 Å². The SMILES string of the molecule is COc1ccc2nc(Nc3ccc(N4CCN(C)CC4)cc3)cc(C(F)(F)F)c2c1. The molecule has 2 aromatic carbocycles. The lowest BCUT2D eigenvalue weighted by molar-refractivity contribution is -0.136. The number of ether oxygens (including phenoxy) is 1. The van der Waals surface area contributed by atoms with E-state index < -0.39 is 11.7 Å². The number of aromatic nitrogens is 1. The van der Waals surface area contributed by atoms with E-state index >= 15 is 0 Å². The van der Waals surface area contributed by atoms with E-state index in [1.807, 2.05) is 24.3 Å². The number of benzene rings is 2. The van der Waals surface area contributed by atoms with Crippen molar-refractivity contribution in [3.8, 4) is 5.75 Å². The van der Waals surface area contributed by atoms with Crippen LogP contribution in [0.4, 0.5) is 30.4 Å². The highest BCUT2D eigenvalue weighted by Crippen LogP contribution is 2.37. The first-order chi connectivity index (χ1) is 14.3. The van der Waals surface area contributed by atoms with Crippen molar-refractivity contribution in [2.45, 2.75) is 6.18 Å². The molecule has 0 aliphatic carbocycles. The van der Waals surface area contributed by atoms with Gasteiger partial charge in [0.05, 0.1) is 18.2 Å². The maximum atomic E-state index is 13.7. The average Bonchev–Trinajstić information content (AvgIpc) is 2.73. The monoisotopic (exact) mass is 416 g/mol. The summed E-state index contributed by atoms with van der Waals surface area (Å²) in [6.45, 7) is 3.92. The number of alkyl halides is 3. The molecule has 0 unspecified atom stereocenters. The van der Waals surface area contributed by atoms with E-state index in [-0.39, 0.29) is 16.7 Å². The Morgan fingerprint density at radius 3 is 2.30 bits per heavy atom. The number of nitrogens with one attached hydrogen (secondary N) is 1. The highest BCUT2D eigenvalue weighted by Gasteiger charge is 2.33. The summed E-state index contributed by atoms with van der Waals surface area (Å²) in [4.78, 5) is 8.94. The summed E-state index contributed by atoms with van der Waals surface area (Å²) in [5.74, 6) is 0.502. The van der Waals surface area contributed by atoms with Gasteiger partial charge >= 0.3 is 6.18 Å². The zero-order valence-corrected chi connectivity index (χ0v) is 16.8. The van der Waals surface area contributed by atoms with Crippen molar-refractivity contribution < 1.29 is 17.9 Å². The lowest BCUT2D eigenvalue weighted by atomic mass is 10.1. The summed E-state index contributed by atoms with van der Waals surface area (Å²) in [5, 5.41) is 3.02. The zero-order chi connectivity index (χ0) is 21.3. The first-order valence-electron chi connectivity index (χ1n) is 9.70. The molecular formula is C22H23F3N4O. The van der Waals surface area contributed by atoms with Crippen molar-refractivity contribution in [1.82, 2.24) is 9.88 Å². The van der Waals surface area contributed by atoms with E-state index in [4.69, 9.17) is 4.74 Å². The highest BCUT2D eigenvalue weighted by atomic mass is 19.4. The fourth-order valence-electron chi connectivity index (χ4n) is 3.60. The van der Waals surface area contributed by atoms with E-state index in [9.17, 15) is 13.2 Å². The second kappa shape index (κ2) is 8.02. The molecule has 5 nitrogen and oxygen atoms in total. The number of halogens is 3. The van der Waals surface area contributed by atoms with Crippen LogP contribution in [0.5, 0.6) is 5.75 Å². The van der Waals surface area contributed by atoms with Crippen molar-refractivity contribution >= 4 is 28.1 Å². The molecule has 1 aromatic heterocycles. The average molecular weight is 416 g/mol. The van der Waals surface area contributed by atoms with Crippen molar-refractivity contribution in [3.63, 3.8) is 0 Å². The van der Waals surface area contributed by atoms with Crippen LogP contribution in [0, 0.1) is 0 Å². The number of hydrogen-bond donors (Lipinski definition) is 1. The standard InChI is InChI=1S/C22H23F3N4O/c1-28-9-11-29(12-10-28)16-5-3-15(4-6-16)26-21-14-19(22(23,24)25)18-13-17(30-2)7-8-20(18)27-21/h3-8,13-14H,9-12H2,1-2H3,(H,26,27). The molecule has 0 bridgehead atoms. The highest BCUT2D eigenvalue weighted by molar-refractivity contribution is 5.86. The first kappa shape index (κ1) is 20.3. The molecule has 0 radical (unpaired) electrons. The van der Waals surface area contributed by atoms with Crippen molar-refractivity contribution in [1.29, 1.82) is 0 Å². The molecule has 0 spiro atoms. The number of pyridine rings is 1. The molecular weight excluding hydrogens is 393 g/mol. The second-order valence-corrected chi connectivity index (χ2v) is 7.40. The van der Waals surface area contributed by atoms with E-state index in [1.54, 1.807) is 6.07 Å². The van der Waals surface area contributed by atoms with Gasteiger partial charge in [-0.3, -0.25) is 0 Å². The molecule has 1 fully saturated rings. The lowest BCUT2D eigenvalue weighted by Crippen LogP contribution is -2.44. The maximum absolute atomic E-state index is 13.7. The Balaban J connectivity index is 1.60.